The van der Waals surface area contributed by atoms with E-state index in [0.29, 0.717) is 6.61 Å². The molecule has 118 valence electrons. The van der Waals surface area contributed by atoms with Gasteiger partial charge in [0, 0.05) is 0 Å². The van der Waals surface area contributed by atoms with Crippen molar-refractivity contribution in [2.24, 2.45) is 5.92 Å². The average Bonchev–Trinajstić information content (AvgIpc) is 2.89. The van der Waals surface area contributed by atoms with Crippen molar-refractivity contribution in [3.8, 4) is 0 Å². The van der Waals surface area contributed by atoms with Gasteiger partial charge in [-0.15, -0.1) is 0 Å². The molecule has 0 saturated carbocycles. The minimum atomic E-state index is -0.0404. The molecule has 22 heavy (non-hydrogen) atoms. The molecule has 0 bridgehead atoms. The molecule has 1 fully saturated rings. The summed E-state index contributed by atoms with van der Waals surface area (Å²) in [5.74, 6) is 1.02. The molecule has 2 heterocycles. The largest absolute Gasteiger partial charge is 0.466 e. The van der Waals surface area contributed by atoms with Crippen LogP contribution in [0.25, 0.3) is 11.0 Å². The molecule has 1 N–H and O–H groups in total. The number of aryl methyl sites for hydroxylation is 1. The van der Waals surface area contributed by atoms with E-state index in [9.17, 15) is 4.79 Å². The van der Waals surface area contributed by atoms with Gasteiger partial charge in [0.2, 0.25) is 0 Å². The fourth-order valence-electron chi connectivity index (χ4n) is 3.05. The summed E-state index contributed by atoms with van der Waals surface area (Å²) in [6, 6.07) is 6.26. The average molecular weight is 301 g/mol. The van der Waals surface area contributed by atoms with Crippen molar-refractivity contribution in [3.63, 3.8) is 0 Å². The maximum Gasteiger partial charge on any atom is 0.309 e. The molecule has 0 amide bonds. The first-order chi connectivity index (χ1) is 10.7. The highest BCUT2D eigenvalue weighted by Gasteiger charge is 2.26. The summed E-state index contributed by atoms with van der Waals surface area (Å²) < 4.78 is 5.11. The van der Waals surface area contributed by atoms with Crippen molar-refractivity contribution in [1.82, 2.24) is 14.9 Å². The number of aromatic amines is 1. The maximum atomic E-state index is 11.8. The Kier molecular flexibility index (Phi) is 4.43. The fourth-order valence-corrected chi connectivity index (χ4v) is 3.05. The number of benzene rings is 1. The second-order valence-corrected chi connectivity index (χ2v) is 6.01. The fraction of sp³-hybridized carbons (Fsp3) is 0.529. The van der Waals surface area contributed by atoms with Gasteiger partial charge in [0.05, 0.1) is 30.1 Å². The number of carbonyl (C=O) groups excluding carboxylic acids is 1. The normalized spacial score (nSPS) is 17.0. The minimum absolute atomic E-state index is 0.0404. The Balaban J connectivity index is 1.58. The van der Waals surface area contributed by atoms with Gasteiger partial charge in [0.15, 0.2) is 0 Å². The number of hydrogen-bond acceptors (Lipinski definition) is 4. The van der Waals surface area contributed by atoms with Gasteiger partial charge in [0.25, 0.3) is 0 Å². The molecule has 1 aliphatic heterocycles. The van der Waals surface area contributed by atoms with E-state index >= 15 is 0 Å². The number of aromatic nitrogens is 2. The summed E-state index contributed by atoms with van der Waals surface area (Å²) in [5, 5.41) is 0. The molecule has 0 unspecified atom stereocenters. The molecule has 1 aromatic carbocycles. The third-order valence-corrected chi connectivity index (χ3v) is 4.27. The quantitative estimate of drug-likeness (QED) is 0.882. The Bertz CT molecular complexity index is 657. The first-order valence-electron chi connectivity index (χ1n) is 8.00. The van der Waals surface area contributed by atoms with E-state index in [1.165, 1.54) is 5.56 Å². The number of carbonyl (C=O) groups is 1. The Hall–Kier alpha value is -1.88. The molecule has 0 spiro atoms. The molecule has 1 aromatic heterocycles. The van der Waals surface area contributed by atoms with Crippen molar-refractivity contribution < 1.29 is 9.53 Å². The zero-order valence-electron chi connectivity index (χ0n) is 13.3. The second kappa shape index (κ2) is 6.48. The van der Waals surface area contributed by atoms with Gasteiger partial charge in [-0.05, 0) is 57.5 Å². The zero-order valence-corrected chi connectivity index (χ0v) is 13.3. The summed E-state index contributed by atoms with van der Waals surface area (Å²) in [6.07, 6.45) is 1.75. The predicted molar refractivity (Wildman–Crippen MR) is 85.5 cm³/mol. The van der Waals surface area contributed by atoms with Crippen LogP contribution in [-0.4, -0.2) is 40.5 Å². The molecule has 2 aromatic rings. The number of esters is 1. The maximum absolute atomic E-state index is 11.8. The lowest BCUT2D eigenvalue weighted by atomic mass is 9.97. The number of H-pyrrole nitrogens is 1. The Labute approximate surface area is 130 Å². The minimum Gasteiger partial charge on any atom is -0.466 e. The van der Waals surface area contributed by atoms with Crippen LogP contribution >= 0.6 is 0 Å². The van der Waals surface area contributed by atoms with Gasteiger partial charge in [-0.2, -0.15) is 0 Å². The molecule has 1 saturated heterocycles. The van der Waals surface area contributed by atoms with E-state index in [-0.39, 0.29) is 11.9 Å². The number of ether oxygens (including phenoxy) is 1. The first-order valence-corrected chi connectivity index (χ1v) is 8.00. The lowest BCUT2D eigenvalue weighted by molar-refractivity contribution is -0.149. The highest BCUT2D eigenvalue weighted by molar-refractivity contribution is 5.75. The summed E-state index contributed by atoms with van der Waals surface area (Å²) in [7, 11) is 0. The van der Waals surface area contributed by atoms with Crippen LogP contribution < -0.4 is 0 Å². The number of rotatable bonds is 4. The molecule has 5 nitrogen and oxygen atoms in total. The summed E-state index contributed by atoms with van der Waals surface area (Å²) >= 11 is 0. The molecule has 0 radical (unpaired) electrons. The third-order valence-electron chi connectivity index (χ3n) is 4.27. The number of likely N-dealkylation sites (tertiary alicyclic amines) is 1. The highest BCUT2D eigenvalue weighted by Crippen LogP contribution is 2.21. The second-order valence-electron chi connectivity index (χ2n) is 6.01. The lowest BCUT2D eigenvalue weighted by Gasteiger charge is -2.30. The van der Waals surface area contributed by atoms with Crippen molar-refractivity contribution in [1.29, 1.82) is 0 Å². The van der Waals surface area contributed by atoms with Crippen molar-refractivity contribution >= 4 is 17.0 Å². The van der Waals surface area contributed by atoms with Gasteiger partial charge in [-0.3, -0.25) is 9.69 Å². The van der Waals surface area contributed by atoms with E-state index in [0.717, 1.165) is 49.3 Å². The van der Waals surface area contributed by atoms with Crippen LogP contribution in [0.5, 0.6) is 0 Å². The van der Waals surface area contributed by atoms with Gasteiger partial charge >= 0.3 is 5.97 Å². The van der Waals surface area contributed by atoms with Crippen LogP contribution in [-0.2, 0) is 16.1 Å². The van der Waals surface area contributed by atoms with E-state index in [1.807, 2.05) is 6.92 Å². The van der Waals surface area contributed by atoms with Crippen molar-refractivity contribution in [2.75, 3.05) is 19.7 Å². The van der Waals surface area contributed by atoms with Crippen LogP contribution in [0.2, 0.25) is 0 Å². The summed E-state index contributed by atoms with van der Waals surface area (Å²) in [6.45, 7) is 7.05. The summed E-state index contributed by atoms with van der Waals surface area (Å²) in [4.78, 5) is 22.1. The number of nitrogens with one attached hydrogen (secondary N) is 1. The Morgan fingerprint density at radius 3 is 2.91 bits per heavy atom. The topological polar surface area (TPSA) is 58.2 Å². The number of fused-ring (bicyclic) bond motifs is 1. The van der Waals surface area contributed by atoms with Gasteiger partial charge in [0.1, 0.15) is 5.82 Å². The Morgan fingerprint density at radius 2 is 2.18 bits per heavy atom. The number of imidazole rings is 1. The number of piperidine rings is 1. The molecule has 0 atom stereocenters. The SMILES string of the molecule is CCOC(=O)C1CCN(Cc2nc3ccc(C)cc3[nH]2)CC1. The molecule has 5 heteroatoms. The van der Waals surface area contributed by atoms with Crippen molar-refractivity contribution in [2.45, 2.75) is 33.2 Å². The zero-order chi connectivity index (χ0) is 15.5. The number of nitrogens with zero attached hydrogens (tertiary/aromatic N) is 2. The van der Waals surface area contributed by atoms with Crippen LogP contribution in [0.1, 0.15) is 31.2 Å². The van der Waals surface area contributed by atoms with Gasteiger partial charge in [-0.25, -0.2) is 4.98 Å². The van der Waals surface area contributed by atoms with Crippen LogP contribution in [0, 0.1) is 12.8 Å². The Morgan fingerprint density at radius 1 is 1.41 bits per heavy atom. The first kappa shape index (κ1) is 15.0. The third kappa shape index (κ3) is 3.30. The van der Waals surface area contributed by atoms with Gasteiger partial charge in [-0.1, -0.05) is 6.07 Å². The van der Waals surface area contributed by atoms with Crippen LogP contribution in [0.15, 0.2) is 18.2 Å². The van der Waals surface area contributed by atoms with E-state index in [4.69, 9.17) is 4.74 Å². The van der Waals surface area contributed by atoms with E-state index in [2.05, 4.69) is 40.0 Å². The van der Waals surface area contributed by atoms with E-state index in [1.54, 1.807) is 0 Å². The monoisotopic (exact) mass is 301 g/mol. The van der Waals surface area contributed by atoms with Crippen LogP contribution in [0.4, 0.5) is 0 Å². The van der Waals surface area contributed by atoms with E-state index < -0.39 is 0 Å². The molecular formula is C17H23N3O2. The predicted octanol–water partition coefficient (Wildman–Crippen LogP) is 2.65. The molecule has 1 aliphatic rings. The standard InChI is InChI=1S/C17H23N3O2/c1-3-22-17(21)13-6-8-20(9-7-13)11-16-18-14-5-4-12(2)10-15(14)19-16/h4-5,10,13H,3,6-9,11H2,1-2H3,(H,18,19). The number of hydrogen-bond donors (Lipinski definition) is 1. The van der Waals surface area contributed by atoms with Crippen LogP contribution in [0.3, 0.4) is 0 Å². The lowest BCUT2D eigenvalue weighted by Crippen LogP contribution is -2.36. The molecule has 3 rings (SSSR count). The highest BCUT2D eigenvalue weighted by atomic mass is 16.5. The van der Waals surface area contributed by atoms with Gasteiger partial charge < -0.3 is 9.72 Å². The molecular weight excluding hydrogens is 278 g/mol. The molecule has 0 aliphatic carbocycles. The summed E-state index contributed by atoms with van der Waals surface area (Å²) in [5.41, 5.74) is 3.34. The smallest absolute Gasteiger partial charge is 0.309 e. The van der Waals surface area contributed by atoms with Crippen molar-refractivity contribution in [3.05, 3.63) is 29.6 Å².